The normalized spacial score (nSPS) is 9.75. The van der Waals surface area contributed by atoms with E-state index in [1.54, 1.807) is 6.92 Å². The lowest BCUT2D eigenvalue weighted by atomic mass is 10.2. The minimum atomic E-state index is 0. The van der Waals surface area contributed by atoms with E-state index in [0.29, 0.717) is 29.3 Å². The number of rotatable bonds is 2. The maximum absolute atomic E-state index is 3.85. The Balaban J connectivity index is 0.000000345. The molecule has 8 nitrogen and oxygen atoms in total. The van der Waals surface area contributed by atoms with Crippen molar-refractivity contribution >= 4 is 0 Å². The maximum Gasteiger partial charge on any atom is 0.176 e. The van der Waals surface area contributed by atoms with Crippen LogP contribution in [0.15, 0.2) is 6.33 Å². The molecule has 0 radical (unpaired) electrons. The molecule has 0 unspecified atom stereocenters. The summed E-state index contributed by atoms with van der Waals surface area (Å²) in [5.41, 5.74) is 0. The van der Waals surface area contributed by atoms with Gasteiger partial charge in [0.05, 0.1) is 0 Å². The second-order valence-electron chi connectivity index (χ2n) is 4.52. The number of aromatic nitrogens is 8. The molecule has 0 amide bonds. The summed E-state index contributed by atoms with van der Waals surface area (Å²) < 4.78 is 0. The van der Waals surface area contributed by atoms with Gasteiger partial charge in [0.2, 0.25) is 0 Å². The van der Waals surface area contributed by atoms with Crippen LogP contribution in [0.4, 0.5) is 0 Å². The van der Waals surface area contributed by atoms with E-state index in [1.807, 2.05) is 27.7 Å². The highest BCUT2D eigenvalue weighted by Gasteiger charge is 2.02. The van der Waals surface area contributed by atoms with Crippen LogP contribution in [0.5, 0.6) is 0 Å². The van der Waals surface area contributed by atoms with E-state index in [0.717, 1.165) is 0 Å². The highest BCUT2D eigenvalue weighted by Crippen LogP contribution is 2.04. The fraction of sp³-hybridized carbons (Fsp3) is 0.667. The molecule has 0 saturated carbocycles. The Bertz CT molecular complexity index is 469. The fourth-order valence-electron chi connectivity index (χ4n) is 0.962. The van der Waals surface area contributed by atoms with Crippen LogP contribution >= 0.6 is 0 Å². The number of hydrogen-bond donors (Lipinski definition) is 0. The Labute approximate surface area is 119 Å². The van der Waals surface area contributed by atoms with Gasteiger partial charge in [-0.3, -0.25) is 0 Å². The van der Waals surface area contributed by atoms with Crippen LogP contribution in [0.1, 0.15) is 64.4 Å². The van der Waals surface area contributed by atoms with Gasteiger partial charge >= 0.3 is 0 Å². The van der Waals surface area contributed by atoms with E-state index < -0.39 is 0 Å². The SMILES string of the molecule is C.CC(C)c1nncnn1.Cc1nnc(C(C)C)nn1. The predicted octanol–water partition coefficient (Wildman–Crippen LogP) is 1.72. The lowest BCUT2D eigenvalue weighted by Crippen LogP contribution is -2.03. The summed E-state index contributed by atoms with van der Waals surface area (Å²) >= 11 is 0. The highest BCUT2D eigenvalue weighted by atomic mass is 15.3. The molecule has 2 heterocycles. The fourth-order valence-corrected chi connectivity index (χ4v) is 0.962. The van der Waals surface area contributed by atoms with Gasteiger partial charge in [-0.05, 0) is 6.92 Å². The molecule has 0 aliphatic heterocycles. The van der Waals surface area contributed by atoms with Gasteiger partial charge in [-0.15, -0.1) is 40.8 Å². The van der Waals surface area contributed by atoms with E-state index in [-0.39, 0.29) is 7.43 Å². The molecule has 20 heavy (non-hydrogen) atoms. The van der Waals surface area contributed by atoms with Crippen LogP contribution in [-0.2, 0) is 0 Å². The average molecular weight is 278 g/mol. The minimum Gasteiger partial charge on any atom is -0.135 e. The zero-order valence-electron chi connectivity index (χ0n) is 11.8. The Morgan fingerprint density at radius 1 is 0.700 bits per heavy atom. The van der Waals surface area contributed by atoms with Crippen LogP contribution < -0.4 is 0 Å². The minimum absolute atomic E-state index is 0. The Morgan fingerprint density at radius 3 is 1.45 bits per heavy atom. The third kappa shape index (κ3) is 6.17. The van der Waals surface area contributed by atoms with Gasteiger partial charge < -0.3 is 0 Å². The number of nitrogens with zero attached hydrogens (tertiary/aromatic N) is 8. The zero-order chi connectivity index (χ0) is 14.3. The summed E-state index contributed by atoms with van der Waals surface area (Å²) in [6, 6.07) is 0. The van der Waals surface area contributed by atoms with Gasteiger partial charge in [-0.1, -0.05) is 35.1 Å². The molecule has 0 N–H and O–H groups in total. The van der Waals surface area contributed by atoms with E-state index in [4.69, 9.17) is 0 Å². The predicted molar refractivity (Wildman–Crippen MR) is 74.9 cm³/mol. The topological polar surface area (TPSA) is 103 Å². The molecule has 0 aromatic carbocycles. The first-order valence-corrected chi connectivity index (χ1v) is 6.04. The zero-order valence-corrected chi connectivity index (χ0v) is 11.8. The van der Waals surface area contributed by atoms with Crippen molar-refractivity contribution in [2.24, 2.45) is 0 Å². The highest BCUT2D eigenvalue weighted by molar-refractivity contribution is 4.86. The monoisotopic (exact) mass is 278 g/mol. The standard InChI is InChI=1S/C6H10N4.C5H8N4.CH4/c1-4(2)6-9-7-5(3)8-10-6;1-4(2)5-8-6-3-7-9-5;/h4H,1-3H3;3-4H,1-2H3;1H4. The molecule has 2 aromatic heterocycles. The van der Waals surface area contributed by atoms with E-state index in [1.165, 1.54) is 6.33 Å². The molecule has 8 heteroatoms. The largest absolute Gasteiger partial charge is 0.176 e. The van der Waals surface area contributed by atoms with Crippen molar-refractivity contribution in [2.75, 3.05) is 0 Å². The molecule has 0 aliphatic carbocycles. The summed E-state index contributed by atoms with van der Waals surface area (Å²) in [4.78, 5) is 0. The number of hydrogen-bond acceptors (Lipinski definition) is 8. The molecule has 0 saturated heterocycles. The Kier molecular flexibility index (Phi) is 7.95. The summed E-state index contributed by atoms with van der Waals surface area (Å²) in [5, 5.41) is 29.9. The van der Waals surface area contributed by atoms with Gasteiger partial charge in [-0.25, -0.2) is 0 Å². The van der Waals surface area contributed by atoms with Crippen molar-refractivity contribution in [3.8, 4) is 0 Å². The Hall–Kier alpha value is -2.12. The lowest BCUT2D eigenvalue weighted by Gasteiger charge is -1.98. The number of aryl methyl sites for hydroxylation is 1. The van der Waals surface area contributed by atoms with Crippen molar-refractivity contribution in [3.63, 3.8) is 0 Å². The van der Waals surface area contributed by atoms with Crippen LogP contribution in [0.2, 0.25) is 0 Å². The molecule has 0 fully saturated rings. The van der Waals surface area contributed by atoms with Gasteiger partial charge in [0.25, 0.3) is 0 Å². The summed E-state index contributed by atoms with van der Waals surface area (Å²) in [7, 11) is 0. The third-order valence-corrected chi connectivity index (χ3v) is 2.05. The molecular formula is C12H22N8. The molecule has 2 aromatic rings. The first-order chi connectivity index (χ1) is 9.00. The lowest BCUT2D eigenvalue weighted by molar-refractivity contribution is 0.673. The van der Waals surface area contributed by atoms with Crippen molar-refractivity contribution in [3.05, 3.63) is 23.8 Å². The molecular weight excluding hydrogens is 256 g/mol. The molecule has 2 rings (SSSR count). The van der Waals surface area contributed by atoms with Crippen molar-refractivity contribution in [1.82, 2.24) is 40.8 Å². The smallest absolute Gasteiger partial charge is 0.135 e. The van der Waals surface area contributed by atoms with Crippen LogP contribution in [0, 0.1) is 6.92 Å². The summed E-state index contributed by atoms with van der Waals surface area (Å²) in [6.45, 7) is 9.78. The second-order valence-corrected chi connectivity index (χ2v) is 4.52. The van der Waals surface area contributed by atoms with Crippen molar-refractivity contribution in [2.45, 2.75) is 53.9 Å². The first-order valence-electron chi connectivity index (χ1n) is 6.04. The first kappa shape index (κ1) is 17.9. The quantitative estimate of drug-likeness (QED) is 0.818. The van der Waals surface area contributed by atoms with Gasteiger partial charge in [0, 0.05) is 11.8 Å². The molecule has 0 aliphatic rings. The third-order valence-electron chi connectivity index (χ3n) is 2.05. The summed E-state index contributed by atoms with van der Waals surface area (Å²) in [6.07, 6.45) is 1.33. The molecule has 0 bridgehead atoms. The van der Waals surface area contributed by atoms with Crippen LogP contribution in [0.25, 0.3) is 0 Å². The maximum atomic E-state index is 3.85. The second kappa shape index (κ2) is 8.89. The molecule has 0 spiro atoms. The molecule has 110 valence electrons. The van der Waals surface area contributed by atoms with E-state index in [2.05, 4.69) is 40.8 Å². The van der Waals surface area contributed by atoms with Gasteiger partial charge in [0.15, 0.2) is 23.8 Å². The Morgan fingerprint density at radius 2 is 1.10 bits per heavy atom. The van der Waals surface area contributed by atoms with Gasteiger partial charge in [0.1, 0.15) is 0 Å². The van der Waals surface area contributed by atoms with Crippen molar-refractivity contribution < 1.29 is 0 Å². The summed E-state index contributed by atoms with van der Waals surface area (Å²) in [5.74, 6) is 2.62. The van der Waals surface area contributed by atoms with Crippen LogP contribution in [-0.4, -0.2) is 40.8 Å². The van der Waals surface area contributed by atoms with Crippen molar-refractivity contribution in [1.29, 1.82) is 0 Å². The van der Waals surface area contributed by atoms with E-state index in [9.17, 15) is 0 Å². The van der Waals surface area contributed by atoms with Gasteiger partial charge in [-0.2, -0.15) is 0 Å². The van der Waals surface area contributed by atoms with Crippen LogP contribution in [0.3, 0.4) is 0 Å². The van der Waals surface area contributed by atoms with E-state index >= 15 is 0 Å². The molecule has 0 atom stereocenters. The average Bonchev–Trinajstić information content (AvgIpc) is 2.41.